The molecule has 2 atom stereocenters. The van der Waals surface area contributed by atoms with Crippen molar-refractivity contribution in [2.24, 2.45) is 0 Å². The number of aliphatic hydroxyl groups is 1. The summed E-state index contributed by atoms with van der Waals surface area (Å²) in [5, 5.41) is 13.3. The molecule has 0 spiro atoms. The van der Waals surface area contributed by atoms with Gasteiger partial charge in [-0.2, -0.15) is 4.98 Å². The van der Waals surface area contributed by atoms with E-state index in [2.05, 4.69) is 15.3 Å². The van der Waals surface area contributed by atoms with E-state index in [-0.39, 0.29) is 15.3 Å². The number of nitrogens with zero attached hydrogens (tertiary/aromatic N) is 4. The van der Waals surface area contributed by atoms with E-state index in [4.69, 9.17) is 15.1 Å². The van der Waals surface area contributed by atoms with Crippen LogP contribution in [0.5, 0.6) is 0 Å². The molecule has 0 unspecified atom stereocenters. The molecule has 1 aliphatic heterocycles. The molecule has 1 saturated carbocycles. The van der Waals surface area contributed by atoms with Gasteiger partial charge in [0.25, 0.3) is 5.56 Å². The van der Waals surface area contributed by atoms with Gasteiger partial charge in [0.1, 0.15) is 5.65 Å². The van der Waals surface area contributed by atoms with Crippen LogP contribution in [0, 0.1) is 6.85 Å². The summed E-state index contributed by atoms with van der Waals surface area (Å²) < 4.78 is 114. The lowest BCUT2D eigenvalue weighted by Crippen LogP contribution is -2.42. The molecule has 2 fully saturated rings. The molecule has 9 nitrogen and oxygen atoms in total. The van der Waals surface area contributed by atoms with Crippen molar-refractivity contribution in [3.63, 3.8) is 0 Å². The van der Waals surface area contributed by atoms with E-state index in [0.29, 0.717) is 19.3 Å². The van der Waals surface area contributed by atoms with E-state index in [1.165, 1.54) is 6.92 Å². The molecule has 0 radical (unpaired) electrons. The second kappa shape index (κ2) is 7.58. The van der Waals surface area contributed by atoms with Crippen LogP contribution in [0.4, 0.5) is 5.95 Å². The predicted molar refractivity (Wildman–Crippen MR) is 115 cm³/mol. The Morgan fingerprint density at radius 3 is 2.83 bits per heavy atom. The summed E-state index contributed by atoms with van der Waals surface area (Å²) in [5.41, 5.74) is -3.04. The number of hydrogen-bond acceptors (Lipinski definition) is 7. The molecule has 10 heteroatoms. The quantitative estimate of drug-likeness (QED) is 0.729. The van der Waals surface area contributed by atoms with E-state index in [1.54, 1.807) is 0 Å². The number of piperidine rings is 1. The second-order valence-corrected chi connectivity index (χ2v) is 9.06. The molecule has 1 aliphatic carbocycles. The van der Waals surface area contributed by atoms with E-state index in [0.717, 1.165) is 16.8 Å². The van der Waals surface area contributed by atoms with Gasteiger partial charge in [-0.25, -0.2) is 17.7 Å². The van der Waals surface area contributed by atoms with Crippen molar-refractivity contribution in [2.75, 3.05) is 24.6 Å². The first-order valence-electron chi connectivity index (χ1n) is 14.8. The molecule has 0 bridgehead atoms. The van der Waals surface area contributed by atoms with Crippen molar-refractivity contribution < 1.29 is 28.6 Å². The highest BCUT2D eigenvalue weighted by molar-refractivity contribution is 7.88. The first kappa shape index (κ1) is 11.5. The summed E-state index contributed by atoms with van der Waals surface area (Å²) in [5.74, 6) is -0.542. The summed E-state index contributed by atoms with van der Waals surface area (Å²) in [6.45, 7) is -3.66. The largest absolute Gasteiger partial charge is 0.388 e. The van der Waals surface area contributed by atoms with E-state index >= 15 is 0 Å². The minimum Gasteiger partial charge on any atom is -0.388 e. The van der Waals surface area contributed by atoms with Crippen LogP contribution in [0.25, 0.3) is 11.0 Å². The molecule has 1 saturated heterocycles. The highest BCUT2D eigenvalue weighted by Gasteiger charge is 2.39. The second-order valence-electron chi connectivity index (χ2n) is 7.60. The Morgan fingerprint density at radius 2 is 2.20 bits per heavy atom. The predicted octanol–water partition coefficient (Wildman–Crippen LogP) is 1.41. The van der Waals surface area contributed by atoms with Crippen molar-refractivity contribution in [2.45, 2.75) is 63.4 Å². The lowest BCUT2D eigenvalue weighted by atomic mass is 9.99. The van der Waals surface area contributed by atoms with Crippen LogP contribution in [0.1, 0.15) is 65.6 Å². The lowest BCUT2D eigenvalue weighted by Gasteiger charge is -2.31. The normalized spacial score (nSPS) is 37.0. The van der Waals surface area contributed by atoms with Gasteiger partial charge < -0.3 is 10.4 Å². The Labute approximate surface area is 191 Å². The zero-order chi connectivity index (χ0) is 31.2. The molecule has 164 valence electrons. The fourth-order valence-electron chi connectivity index (χ4n) is 3.83. The highest BCUT2D eigenvalue weighted by Crippen LogP contribution is 2.39. The first-order valence-corrected chi connectivity index (χ1v) is 10.7. The minimum atomic E-state index is -5.14. The number of pyridine rings is 1. The number of anilines is 1. The van der Waals surface area contributed by atoms with E-state index in [9.17, 15) is 18.3 Å². The van der Waals surface area contributed by atoms with Crippen LogP contribution < -0.4 is 10.9 Å². The third-order valence-corrected chi connectivity index (χ3v) is 6.34. The maximum absolute atomic E-state index is 13.4. The number of fused-ring (bicyclic) bond motifs is 1. The smallest absolute Gasteiger partial charge is 0.255 e. The zero-order valence-corrected chi connectivity index (χ0v) is 17.0. The number of nitrogens with one attached hydrogen (secondary N) is 1. The number of aromatic nitrogens is 3. The van der Waals surface area contributed by atoms with Crippen LogP contribution in [0.2, 0.25) is 0 Å². The molecule has 3 heterocycles. The van der Waals surface area contributed by atoms with Gasteiger partial charge in [-0.15, -0.1) is 0 Å². The van der Waals surface area contributed by atoms with Crippen LogP contribution in [0.15, 0.2) is 17.1 Å². The monoisotopic (exact) mass is 446 g/mol. The summed E-state index contributed by atoms with van der Waals surface area (Å²) in [7, 11) is -5.14. The van der Waals surface area contributed by atoms with Crippen molar-refractivity contribution >= 4 is 27.0 Å². The molecule has 2 aromatic rings. The van der Waals surface area contributed by atoms with Gasteiger partial charge in [0, 0.05) is 50.0 Å². The van der Waals surface area contributed by atoms with E-state index in [1.807, 2.05) is 0 Å². The summed E-state index contributed by atoms with van der Waals surface area (Å²) in [6, 6.07) is -2.78. The van der Waals surface area contributed by atoms with Crippen molar-refractivity contribution in [3.05, 3.63) is 28.2 Å². The minimum absolute atomic E-state index is 0.0765. The topological polar surface area (TPSA) is 117 Å². The van der Waals surface area contributed by atoms with Crippen LogP contribution in [0.3, 0.4) is 0 Å². The summed E-state index contributed by atoms with van der Waals surface area (Å²) >= 11 is 0. The molecule has 30 heavy (non-hydrogen) atoms. The maximum atomic E-state index is 13.4. The fourth-order valence-corrected chi connectivity index (χ4v) is 4.30. The molecule has 0 amide bonds. The maximum Gasteiger partial charge on any atom is 0.255 e. The molecular formula is C20H29N5O4S. The Kier molecular flexibility index (Phi) is 2.92. The van der Waals surface area contributed by atoms with E-state index < -0.39 is 83.6 Å². The Morgan fingerprint density at radius 1 is 1.43 bits per heavy atom. The lowest BCUT2D eigenvalue weighted by molar-refractivity contribution is 0.0266. The van der Waals surface area contributed by atoms with Gasteiger partial charge in [-0.3, -0.25) is 9.36 Å². The molecule has 2 aromatic heterocycles. The molecule has 2 N–H and O–H groups in total. The number of rotatable bonds is 4. The zero-order valence-electron chi connectivity index (χ0n) is 27.1. The molecule has 0 aromatic carbocycles. The Hall–Kier alpha value is -2.04. The number of sulfonamides is 1. The van der Waals surface area contributed by atoms with Gasteiger partial charge in [0.15, 0.2) is 0 Å². The molecular weight excluding hydrogens is 406 g/mol. The van der Waals surface area contributed by atoms with Gasteiger partial charge in [0.2, 0.25) is 16.0 Å². The third kappa shape index (κ3) is 3.95. The fraction of sp³-hybridized carbons (Fsp3) is 0.650. The van der Waals surface area contributed by atoms with Gasteiger partial charge >= 0.3 is 0 Å². The summed E-state index contributed by atoms with van der Waals surface area (Å²) in [6.07, 6.45) is -7.43. The van der Waals surface area contributed by atoms with Gasteiger partial charge in [-0.1, -0.05) is 0 Å². The Bertz CT molecular complexity index is 1520. The third-order valence-electron chi connectivity index (χ3n) is 5.40. The molecule has 2 aliphatic rings. The standard InChI is InChI=1S/C20H29N5O4S/c1-13-11-14-12-21-19(22-15-6-9-24(10-7-15)30(3,28)29)23-17(14)25(18(13)26)16-5-4-8-20(16,2)27/h11-12,15-16,27H,4-10H2,1-3H3,(H,21,22,23)/t16-,20-/m0/s1/i1D3,3D3,6D2,7D2,15D. The van der Waals surface area contributed by atoms with Crippen molar-refractivity contribution in [3.8, 4) is 0 Å². The SMILES string of the molecule is [2H]C([2H])([2H])c1cc2cnc(NC3([2H])C([2H])([2H])CN(S(=O)(=O)C([2H])([2H])[2H])CC3([2H])[2H])nc2n([C@H]2CCC[C@]2(C)O)c1=O. The average molecular weight is 447 g/mol. The first-order chi connectivity index (χ1) is 18.4. The van der Waals surface area contributed by atoms with Crippen molar-refractivity contribution in [1.29, 1.82) is 0 Å². The highest BCUT2D eigenvalue weighted by atomic mass is 32.2. The van der Waals surface area contributed by atoms with Crippen molar-refractivity contribution in [1.82, 2.24) is 18.8 Å². The van der Waals surface area contributed by atoms with Gasteiger partial charge in [0.05, 0.1) is 19.2 Å². The average Bonchev–Trinajstić information content (AvgIpc) is 3.13. The van der Waals surface area contributed by atoms with Gasteiger partial charge in [-0.05, 0) is 51.9 Å². The number of hydrogen-bond donors (Lipinski definition) is 2. The Balaban J connectivity index is 1.85. The number of aryl methyl sites for hydroxylation is 1. The van der Waals surface area contributed by atoms with Crippen LogP contribution in [-0.4, -0.2) is 63.3 Å². The van der Waals surface area contributed by atoms with Crippen LogP contribution >= 0.6 is 0 Å². The summed E-state index contributed by atoms with van der Waals surface area (Å²) in [4.78, 5) is 21.6. The molecule has 4 rings (SSSR count). The van der Waals surface area contributed by atoms with Crippen LogP contribution in [-0.2, 0) is 10.0 Å².